The van der Waals surface area contributed by atoms with Gasteiger partial charge in [0.2, 0.25) is 5.78 Å². The Bertz CT molecular complexity index is 598. The minimum atomic E-state index is -0.989. The van der Waals surface area contributed by atoms with Crippen LogP contribution in [0.1, 0.15) is 21.7 Å². The van der Waals surface area contributed by atoms with Gasteiger partial charge in [-0.25, -0.2) is 9.78 Å². The largest absolute Gasteiger partial charge is 0.478 e. The lowest BCUT2D eigenvalue weighted by atomic mass is 10.1. The number of rotatable bonds is 5. The van der Waals surface area contributed by atoms with Crippen molar-refractivity contribution in [2.75, 3.05) is 0 Å². The molecule has 0 aliphatic rings. The summed E-state index contributed by atoms with van der Waals surface area (Å²) in [6.07, 6.45) is 5.97. The van der Waals surface area contributed by atoms with Crippen molar-refractivity contribution < 1.29 is 14.7 Å². The Kier molecular flexibility index (Phi) is 3.87. The smallest absolute Gasteiger partial charge is 0.328 e. The second-order valence-corrected chi connectivity index (χ2v) is 3.95. The molecule has 1 heterocycles. The molecule has 0 spiro atoms. The van der Waals surface area contributed by atoms with Gasteiger partial charge in [0.1, 0.15) is 0 Å². The number of benzene rings is 1. The summed E-state index contributed by atoms with van der Waals surface area (Å²) in [6, 6.07) is 7.12. The predicted molar refractivity (Wildman–Crippen MR) is 69.7 cm³/mol. The maximum atomic E-state index is 11.8. The molecule has 2 aromatic rings. The van der Waals surface area contributed by atoms with Crippen molar-refractivity contribution in [1.82, 2.24) is 9.97 Å². The zero-order valence-electron chi connectivity index (χ0n) is 10.0. The Labute approximate surface area is 109 Å². The van der Waals surface area contributed by atoms with Crippen LogP contribution in [0.3, 0.4) is 0 Å². The van der Waals surface area contributed by atoms with Crippen molar-refractivity contribution in [3.05, 3.63) is 59.7 Å². The molecule has 0 aliphatic heterocycles. The number of Topliss-reactive ketones (excluding diaryl/α,β-unsaturated/α-hetero) is 1. The number of carboxylic acids is 1. The first-order chi connectivity index (χ1) is 9.15. The zero-order chi connectivity index (χ0) is 13.7. The Balaban J connectivity index is 2.03. The third kappa shape index (κ3) is 3.64. The Hall–Kier alpha value is -2.69. The molecule has 0 bridgehead atoms. The standard InChI is InChI=1S/C14H12N2O3/c17-12(14-15-7-8-16-14)9-11-3-1-10(2-4-11)5-6-13(18)19/h1-8H,9H2,(H,15,16)(H,18,19)/b6-5+. The third-order valence-electron chi connectivity index (χ3n) is 2.53. The first-order valence-corrected chi connectivity index (χ1v) is 5.67. The SMILES string of the molecule is O=C(O)/C=C/c1ccc(CC(=O)c2ncc[nH]2)cc1. The van der Waals surface area contributed by atoms with E-state index in [9.17, 15) is 9.59 Å². The molecule has 19 heavy (non-hydrogen) atoms. The van der Waals surface area contributed by atoms with E-state index in [1.165, 1.54) is 12.3 Å². The molecule has 1 aromatic heterocycles. The van der Waals surface area contributed by atoms with Crippen molar-refractivity contribution in [2.45, 2.75) is 6.42 Å². The van der Waals surface area contributed by atoms with Gasteiger partial charge >= 0.3 is 5.97 Å². The molecule has 0 saturated heterocycles. The second-order valence-electron chi connectivity index (χ2n) is 3.95. The van der Waals surface area contributed by atoms with E-state index in [4.69, 9.17) is 5.11 Å². The fourth-order valence-electron chi connectivity index (χ4n) is 1.60. The van der Waals surface area contributed by atoms with E-state index < -0.39 is 5.97 Å². The molecule has 0 fully saturated rings. The van der Waals surface area contributed by atoms with Gasteiger partial charge in [-0.05, 0) is 17.2 Å². The quantitative estimate of drug-likeness (QED) is 0.632. The minimum absolute atomic E-state index is 0.0844. The molecule has 0 amide bonds. The maximum Gasteiger partial charge on any atom is 0.328 e. The molecule has 5 nitrogen and oxygen atoms in total. The molecule has 2 N–H and O–H groups in total. The summed E-state index contributed by atoms with van der Waals surface area (Å²) in [5.74, 6) is -0.731. The number of ketones is 1. The van der Waals surface area contributed by atoms with Crippen LogP contribution in [0.25, 0.3) is 6.08 Å². The first kappa shape index (κ1) is 12.8. The van der Waals surface area contributed by atoms with Gasteiger partial charge in [0.25, 0.3) is 0 Å². The summed E-state index contributed by atoms with van der Waals surface area (Å²) < 4.78 is 0. The lowest BCUT2D eigenvalue weighted by Gasteiger charge is -2.00. The third-order valence-corrected chi connectivity index (χ3v) is 2.53. The molecule has 0 radical (unpaired) electrons. The van der Waals surface area contributed by atoms with Crippen LogP contribution in [0.2, 0.25) is 0 Å². The molecule has 2 rings (SSSR count). The van der Waals surface area contributed by atoms with E-state index >= 15 is 0 Å². The van der Waals surface area contributed by atoms with Crippen LogP contribution in [-0.2, 0) is 11.2 Å². The van der Waals surface area contributed by atoms with E-state index in [0.717, 1.165) is 17.2 Å². The summed E-state index contributed by atoms with van der Waals surface area (Å²) in [6.45, 7) is 0. The number of nitrogens with zero attached hydrogens (tertiary/aromatic N) is 1. The summed E-state index contributed by atoms with van der Waals surface area (Å²) in [5.41, 5.74) is 1.63. The van der Waals surface area contributed by atoms with Crippen LogP contribution in [0.4, 0.5) is 0 Å². The summed E-state index contributed by atoms with van der Waals surface area (Å²) >= 11 is 0. The van der Waals surface area contributed by atoms with Crippen LogP contribution in [0.5, 0.6) is 0 Å². The number of aromatic nitrogens is 2. The van der Waals surface area contributed by atoms with Crippen LogP contribution in [0.15, 0.2) is 42.7 Å². The van der Waals surface area contributed by atoms with E-state index in [1.54, 1.807) is 30.5 Å². The number of carbonyl (C=O) groups is 2. The number of carbonyl (C=O) groups excluding carboxylic acids is 1. The summed E-state index contributed by atoms with van der Waals surface area (Å²) in [4.78, 5) is 28.8. The molecular weight excluding hydrogens is 244 g/mol. The van der Waals surface area contributed by atoms with E-state index in [-0.39, 0.29) is 12.2 Å². The van der Waals surface area contributed by atoms with E-state index in [1.807, 2.05) is 0 Å². The average molecular weight is 256 g/mol. The zero-order valence-corrected chi connectivity index (χ0v) is 10.0. The lowest BCUT2D eigenvalue weighted by molar-refractivity contribution is -0.131. The van der Waals surface area contributed by atoms with Gasteiger partial charge in [-0.15, -0.1) is 0 Å². The van der Waals surface area contributed by atoms with Gasteiger partial charge < -0.3 is 10.1 Å². The topological polar surface area (TPSA) is 83.0 Å². The number of H-pyrrole nitrogens is 1. The Morgan fingerprint density at radius 2 is 2.00 bits per heavy atom. The van der Waals surface area contributed by atoms with Gasteiger partial charge in [-0.2, -0.15) is 0 Å². The van der Waals surface area contributed by atoms with Crippen molar-refractivity contribution in [2.24, 2.45) is 0 Å². The fraction of sp³-hybridized carbons (Fsp3) is 0.0714. The number of carboxylic acid groups (broad SMARTS) is 1. The van der Waals surface area contributed by atoms with Crippen LogP contribution in [0, 0.1) is 0 Å². The molecule has 0 unspecified atom stereocenters. The molecule has 5 heteroatoms. The number of hydrogen-bond donors (Lipinski definition) is 2. The number of hydrogen-bond acceptors (Lipinski definition) is 3. The molecular formula is C14H12N2O3. The van der Waals surface area contributed by atoms with E-state index in [2.05, 4.69) is 9.97 Å². The molecule has 0 aliphatic carbocycles. The Morgan fingerprint density at radius 1 is 1.26 bits per heavy atom. The minimum Gasteiger partial charge on any atom is -0.478 e. The molecule has 96 valence electrons. The number of imidazole rings is 1. The maximum absolute atomic E-state index is 11.8. The van der Waals surface area contributed by atoms with Gasteiger partial charge in [0.15, 0.2) is 5.82 Å². The van der Waals surface area contributed by atoms with Gasteiger partial charge in [0.05, 0.1) is 0 Å². The van der Waals surface area contributed by atoms with Crippen LogP contribution < -0.4 is 0 Å². The van der Waals surface area contributed by atoms with Gasteiger partial charge in [-0.3, -0.25) is 4.79 Å². The van der Waals surface area contributed by atoms with Crippen molar-refractivity contribution in [3.63, 3.8) is 0 Å². The molecule has 0 atom stereocenters. The van der Waals surface area contributed by atoms with Crippen molar-refractivity contribution >= 4 is 17.8 Å². The Morgan fingerprint density at radius 3 is 2.58 bits per heavy atom. The lowest BCUT2D eigenvalue weighted by Crippen LogP contribution is -2.05. The van der Waals surface area contributed by atoms with Gasteiger partial charge in [-0.1, -0.05) is 24.3 Å². The molecule has 1 aromatic carbocycles. The van der Waals surface area contributed by atoms with Crippen molar-refractivity contribution in [3.8, 4) is 0 Å². The average Bonchev–Trinajstić information content (AvgIpc) is 2.92. The number of nitrogens with one attached hydrogen (secondary N) is 1. The first-order valence-electron chi connectivity index (χ1n) is 5.67. The highest BCUT2D eigenvalue weighted by Crippen LogP contribution is 2.08. The molecule has 0 saturated carbocycles. The van der Waals surface area contributed by atoms with Crippen molar-refractivity contribution in [1.29, 1.82) is 0 Å². The monoisotopic (exact) mass is 256 g/mol. The highest BCUT2D eigenvalue weighted by molar-refractivity contribution is 5.94. The van der Waals surface area contributed by atoms with Crippen LogP contribution >= 0.6 is 0 Å². The highest BCUT2D eigenvalue weighted by Gasteiger charge is 2.08. The number of aliphatic carboxylic acids is 1. The second kappa shape index (κ2) is 5.77. The summed E-state index contributed by atoms with van der Waals surface area (Å²) in [7, 11) is 0. The highest BCUT2D eigenvalue weighted by atomic mass is 16.4. The van der Waals surface area contributed by atoms with Crippen LogP contribution in [-0.4, -0.2) is 26.8 Å². The van der Waals surface area contributed by atoms with Gasteiger partial charge in [0, 0.05) is 24.9 Å². The number of aromatic amines is 1. The van der Waals surface area contributed by atoms with E-state index in [0.29, 0.717) is 5.82 Å². The predicted octanol–water partition coefficient (Wildman–Crippen LogP) is 1.93. The fourth-order valence-corrected chi connectivity index (χ4v) is 1.60. The summed E-state index contributed by atoms with van der Waals surface area (Å²) in [5, 5.41) is 8.51. The normalized spacial score (nSPS) is 10.7.